The molecule has 0 aromatic heterocycles. The van der Waals surface area contributed by atoms with E-state index in [0.717, 1.165) is 17.4 Å². The topological polar surface area (TPSA) is 38.0 Å². The van der Waals surface area contributed by atoms with Crippen molar-refractivity contribution in [2.45, 2.75) is 63.7 Å². The van der Waals surface area contributed by atoms with Gasteiger partial charge in [0.25, 0.3) is 0 Å². The molecule has 0 bridgehead atoms. The lowest BCUT2D eigenvalue weighted by atomic mass is 10.1. The first kappa shape index (κ1) is 16.0. The molecule has 96 valence electrons. The molecule has 0 spiro atoms. The first-order valence-corrected chi connectivity index (χ1v) is 7.48. The van der Waals surface area contributed by atoms with Gasteiger partial charge in [0.1, 0.15) is 0 Å². The monoisotopic (exact) mass is 244 g/mol. The lowest BCUT2D eigenvalue weighted by Gasteiger charge is -2.17. The van der Waals surface area contributed by atoms with Gasteiger partial charge in [0.2, 0.25) is 0 Å². The van der Waals surface area contributed by atoms with Crippen molar-refractivity contribution in [2.75, 3.05) is 5.75 Å². The fourth-order valence-electron chi connectivity index (χ4n) is 1.47. The van der Waals surface area contributed by atoms with Crippen molar-refractivity contribution in [2.24, 2.45) is 5.84 Å². The zero-order valence-electron chi connectivity index (χ0n) is 10.9. The number of unbranched alkanes of at least 4 members (excludes halogenated alkanes) is 3. The van der Waals surface area contributed by atoms with Crippen molar-refractivity contribution in [1.29, 1.82) is 0 Å². The Bertz CT molecular complexity index is 162. The fourth-order valence-corrected chi connectivity index (χ4v) is 2.53. The van der Waals surface area contributed by atoms with Crippen LogP contribution in [0.1, 0.15) is 52.4 Å². The summed E-state index contributed by atoms with van der Waals surface area (Å²) in [5.74, 6) is 6.69. The smallest absolute Gasteiger partial charge is 0.0301 e. The summed E-state index contributed by atoms with van der Waals surface area (Å²) in [5, 5.41) is 0.747. The molecule has 0 rings (SSSR count). The van der Waals surface area contributed by atoms with Gasteiger partial charge < -0.3 is 0 Å². The number of allylic oxidation sites excluding steroid dienone is 1. The normalized spacial score (nSPS) is 14.7. The minimum absolute atomic E-state index is 0.475. The number of hydrazine groups is 1. The van der Waals surface area contributed by atoms with Gasteiger partial charge in [-0.25, -0.2) is 0 Å². The molecule has 0 aliphatic rings. The average Bonchev–Trinajstić information content (AvgIpc) is 2.32. The molecule has 0 amide bonds. The van der Waals surface area contributed by atoms with Gasteiger partial charge in [0.05, 0.1) is 0 Å². The second kappa shape index (κ2) is 11.5. The number of hydrogen-bond donors (Lipinski definition) is 2. The number of nitrogens with two attached hydrogens (primary N) is 1. The Hall–Kier alpha value is 0.01000. The summed E-state index contributed by atoms with van der Waals surface area (Å²) in [5.41, 5.74) is 2.93. The molecule has 0 heterocycles. The van der Waals surface area contributed by atoms with Crippen LogP contribution in [0.4, 0.5) is 0 Å². The molecule has 3 N–H and O–H groups in total. The third kappa shape index (κ3) is 9.25. The Morgan fingerprint density at radius 1 is 1.38 bits per heavy atom. The molecular weight excluding hydrogens is 216 g/mol. The number of rotatable bonds is 11. The maximum Gasteiger partial charge on any atom is 0.0301 e. The predicted octanol–water partition coefficient (Wildman–Crippen LogP) is 3.49. The van der Waals surface area contributed by atoms with Gasteiger partial charge in [-0.2, -0.15) is 11.8 Å². The third-order valence-corrected chi connectivity index (χ3v) is 4.35. The van der Waals surface area contributed by atoms with Gasteiger partial charge in [0, 0.05) is 17.0 Å². The Morgan fingerprint density at radius 3 is 2.69 bits per heavy atom. The Kier molecular flexibility index (Phi) is 11.5. The lowest BCUT2D eigenvalue weighted by molar-refractivity contribution is 0.503. The molecule has 3 heteroatoms. The van der Waals surface area contributed by atoms with Crippen LogP contribution in [0.5, 0.6) is 0 Å². The maximum absolute atomic E-state index is 5.56. The summed E-state index contributed by atoms with van der Waals surface area (Å²) in [6.07, 6.45) is 9.39. The molecule has 0 fully saturated rings. The zero-order chi connectivity index (χ0) is 12.2. The first-order chi connectivity index (χ1) is 7.74. The van der Waals surface area contributed by atoms with E-state index >= 15 is 0 Å². The van der Waals surface area contributed by atoms with Crippen molar-refractivity contribution in [1.82, 2.24) is 5.43 Å². The maximum atomic E-state index is 5.56. The summed E-state index contributed by atoms with van der Waals surface area (Å²) in [6.45, 7) is 8.25. The summed E-state index contributed by atoms with van der Waals surface area (Å²) >= 11 is 2.02. The van der Waals surface area contributed by atoms with Crippen molar-refractivity contribution < 1.29 is 0 Å². The summed E-state index contributed by atoms with van der Waals surface area (Å²) in [4.78, 5) is 0. The van der Waals surface area contributed by atoms with Crippen LogP contribution < -0.4 is 11.3 Å². The minimum atomic E-state index is 0.475. The largest absolute Gasteiger partial charge is 0.271 e. The van der Waals surface area contributed by atoms with E-state index in [1.165, 1.54) is 32.1 Å². The van der Waals surface area contributed by atoms with E-state index in [0.29, 0.717) is 6.04 Å². The van der Waals surface area contributed by atoms with Gasteiger partial charge in [-0.3, -0.25) is 11.3 Å². The highest BCUT2D eigenvalue weighted by Crippen LogP contribution is 2.16. The van der Waals surface area contributed by atoms with E-state index in [4.69, 9.17) is 5.84 Å². The quantitative estimate of drug-likeness (QED) is 0.253. The summed E-state index contributed by atoms with van der Waals surface area (Å²) in [7, 11) is 0. The molecule has 0 saturated carbocycles. The van der Waals surface area contributed by atoms with E-state index in [-0.39, 0.29) is 0 Å². The fraction of sp³-hybridized carbons (Fsp3) is 0.846. The molecule has 0 aromatic rings. The van der Waals surface area contributed by atoms with Gasteiger partial charge in [-0.1, -0.05) is 32.8 Å². The summed E-state index contributed by atoms with van der Waals surface area (Å²) < 4.78 is 0. The molecule has 0 aromatic carbocycles. The van der Waals surface area contributed by atoms with Gasteiger partial charge in [-0.15, -0.1) is 6.58 Å². The Labute approximate surface area is 105 Å². The molecule has 2 atom stereocenters. The third-order valence-electron chi connectivity index (χ3n) is 2.85. The van der Waals surface area contributed by atoms with Crippen molar-refractivity contribution in [3.8, 4) is 0 Å². The molecule has 2 nitrogen and oxygen atoms in total. The van der Waals surface area contributed by atoms with Crippen LogP contribution in [0.3, 0.4) is 0 Å². The number of hydrogen-bond acceptors (Lipinski definition) is 3. The molecule has 2 unspecified atom stereocenters. The van der Waals surface area contributed by atoms with E-state index in [9.17, 15) is 0 Å². The zero-order valence-corrected chi connectivity index (χ0v) is 11.7. The van der Waals surface area contributed by atoms with Crippen LogP contribution in [-0.4, -0.2) is 17.0 Å². The van der Waals surface area contributed by atoms with Crippen LogP contribution in [0.15, 0.2) is 12.7 Å². The van der Waals surface area contributed by atoms with Gasteiger partial charge in [0.15, 0.2) is 0 Å². The molecule has 16 heavy (non-hydrogen) atoms. The predicted molar refractivity (Wildman–Crippen MR) is 76.6 cm³/mol. The molecule has 0 aliphatic carbocycles. The number of thioether (sulfide) groups is 1. The lowest BCUT2D eigenvalue weighted by Crippen LogP contribution is -2.37. The molecular formula is C13H28N2S. The van der Waals surface area contributed by atoms with E-state index in [1.807, 2.05) is 17.8 Å². The Balaban J connectivity index is 3.47. The minimum Gasteiger partial charge on any atom is -0.271 e. The van der Waals surface area contributed by atoms with Crippen LogP contribution in [0.2, 0.25) is 0 Å². The Morgan fingerprint density at radius 2 is 2.12 bits per heavy atom. The highest BCUT2D eigenvalue weighted by molar-refractivity contribution is 7.99. The van der Waals surface area contributed by atoms with Crippen LogP contribution in [0.25, 0.3) is 0 Å². The SMILES string of the molecule is C=CCCCCCC(CSC(C)CC)NN. The highest BCUT2D eigenvalue weighted by atomic mass is 32.2. The molecule has 0 radical (unpaired) electrons. The van der Waals surface area contributed by atoms with Crippen LogP contribution in [0, 0.1) is 0 Å². The summed E-state index contributed by atoms with van der Waals surface area (Å²) in [6, 6.07) is 0.475. The second-order valence-electron chi connectivity index (χ2n) is 4.34. The van der Waals surface area contributed by atoms with Gasteiger partial charge >= 0.3 is 0 Å². The van der Waals surface area contributed by atoms with E-state index < -0.39 is 0 Å². The average molecular weight is 244 g/mol. The first-order valence-electron chi connectivity index (χ1n) is 6.43. The van der Waals surface area contributed by atoms with Crippen molar-refractivity contribution >= 4 is 11.8 Å². The van der Waals surface area contributed by atoms with E-state index in [2.05, 4.69) is 25.9 Å². The van der Waals surface area contributed by atoms with Crippen molar-refractivity contribution in [3.63, 3.8) is 0 Å². The van der Waals surface area contributed by atoms with Crippen LogP contribution >= 0.6 is 11.8 Å². The molecule has 0 saturated heterocycles. The van der Waals surface area contributed by atoms with E-state index in [1.54, 1.807) is 0 Å². The molecule has 0 aliphatic heterocycles. The highest BCUT2D eigenvalue weighted by Gasteiger charge is 2.08. The van der Waals surface area contributed by atoms with Crippen molar-refractivity contribution in [3.05, 3.63) is 12.7 Å². The second-order valence-corrected chi connectivity index (χ2v) is 5.81. The standard InChI is InChI=1S/C13H28N2S/c1-4-6-7-8-9-10-13(15-14)11-16-12(3)5-2/h4,12-13,15H,1,5-11,14H2,2-3H3. The van der Waals surface area contributed by atoms with Gasteiger partial charge in [-0.05, 0) is 25.7 Å². The van der Waals surface area contributed by atoms with Crippen LogP contribution in [-0.2, 0) is 0 Å². The number of nitrogens with one attached hydrogen (secondary N) is 1.